The second-order valence-corrected chi connectivity index (χ2v) is 3.88. The largest absolute Gasteiger partial charge is 0.393 e. The van der Waals surface area contributed by atoms with Crippen molar-refractivity contribution in [3.05, 3.63) is 28.3 Å². The van der Waals surface area contributed by atoms with Crippen LogP contribution >= 0.6 is 0 Å². The van der Waals surface area contributed by atoms with Gasteiger partial charge in [0.2, 0.25) is 0 Å². The predicted molar refractivity (Wildman–Crippen MR) is 62.7 cm³/mol. The Balaban J connectivity index is 2.63. The first-order valence-electron chi connectivity index (χ1n) is 5.21. The summed E-state index contributed by atoms with van der Waals surface area (Å²) in [4.78, 5) is 9.90. The average Bonchev–Trinajstić information content (AvgIpc) is 2.25. The third kappa shape index (κ3) is 5.00. The molecule has 1 aromatic carbocycles. The molecule has 0 fully saturated rings. The van der Waals surface area contributed by atoms with Gasteiger partial charge in [0.05, 0.1) is 17.4 Å². The van der Waals surface area contributed by atoms with Gasteiger partial charge in [0.25, 0.3) is 5.69 Å². The number of hydrogen-bond acceptors (Lipinski definition) is 5. The van der Waals surface area contributed by atoms with E-state index in [1.165, 1.54) is 12.1 Å². The van der Waals surface area contributed by atoms with Gasteiger partial charge in [-0.1, -0.05) is 0 Å². The Labute approximate surface area is 106 Å². The Morgan fingerprint density at radius 1 is 1.47 bits per heavy atom. The van der Waals surface area contributed by atoms with Crippen molar-refractivity contribution in [2.45, 2.75) is 18.7 Å². The van der Waals surface area contributed by atoms with Gasteiger partial charge in [-0.2, -0.15) is 13.2 Å². The molecule has 0 heterocycles. The van der Waals surface area contributed by atoms with Crippen LogP contribution in [0.25, 0.3) is 0 Å². The first-order valence-corrected chi connectivity index (χ1v) is 5.21. The van der Waals surface area contributed by atoms with E-state index in [-0.39, 0.29) is 23.6 Å². The molecule has 6 nitrogen and oxygen atoms in total. The summed E-state index contributed by atoms with van der Waals surface area (Å²) in [6.07, 6.45) is -7.44. The Morgan fingerprint density at radius 2 is 2.11 bits per heavy atom. The van der Waals surface area contributed by atoms with E-state index < -0.39 is 23.6 Å². The van der Waals surface area contributed by atoms with E-state index in [2.05, 4.69) is 5.32 Å². The van der Waals surface area contributed by atoms with Crippen molar-refractivity contribution in [1.29, 1.82) is 0 Å². The van der Waals surface area contributed by atoms with Crippen LogP contribution in [0.4, 0.5) is 30.2 Å². The highest BCUT2D eigenvalue weighted by molar-refractivity contribution is 5.65. The zero-order chi connectivity index (χ0) is 14.6. The van der Waals surface area contributed by atoms with E-state index >= 15 is 0 Å². The number of rotatable bonds is 5. The summed E-state index contributed by atoms with van der Waals surface area (Å²) in [5.74, 6) is 0. The van der Waals surface area contributed by atoms with Gasteiger partial charge < -0.3 is 16.2 Å². The van der Waals surface area contributed by atoms with Crippen LogP contribution in [-0.4, -0.2) is 28.9 Å². The number of anilines is 2. The maximum atomic E-state index is 12.0. The minimum atomic E-state index is -4.46. The number of halogens is 3. The Bertz CT molecular complexity index is 465. The van der Waals surface area contributed by atoms with Gasteiger partial charge in [0, 0.05) is 18.3 Å². The average molecular weight is 279 g/mol. The number of nitrogens with one attached hydrogen (secondary N) is 1. The van der Waals surface area contributed by atoms with Crippen LogP contribution in [0.5, 0.6) is 0 Å². The molecule has 9 heteroatoms. The second kappa shape index (κ2) is 5.74. The third-order valence-electron chi connectivity index (χ3n) is 2.24. The van der Waals surface area contributed by atoms with E-state index in [9.17, 15) is 23.3 Å². The van der Waals surface area contributed by atoms with Crippen molar-refractivity contribution in [2.24, 2.45) is 0 Å². The van der Waals surface area contributed by atoms with Crippen LogP contribution in [0, 0.1) is 10.1 Å². The van der Waals surface area contributed by atoms with Crippen LogP contribution in [0.3, 0.4) is 0 Å². The number of aliphatic hydroxyl groups is 1. The highest BCUT2D eigenvalue weighted by Gasteiger charge is 2.30. The fourth-order valence-corrected chi connectivity index (χ4v) is 1.39. The molecule has 0 aliphatic carbocycles. The molecule has 106 valence electrons. The number of nitrogens with zero attached hydrogens (tertiary/aromatic N) is 1. The maximum Gasteiger partial charge on any atom is 0.391 e. The van der Waals surface area contributed by atoms with Crippen LogP contribution in [0.2, 0.25) is 0 Å². The maximum absolute atomic E-state index is 12.0. The minimum Gasteiger partial charge on any atom is -0.393 e. The van der Waals surface area contributed by atoms with E-state index in [0.717, 1.165) is 6.07 Å². The summed E-state index contributed by atoms with van der Waals surface area (Å²) in [5.41, 5.74) is 5.17. The molecule has 1 atom stereocenters. The molecular formula is C10H12F3N3O3. The second-order valence-electron chi connectivity index (χ2n) is 3.88. The first kappa shape index (κ1) is 15.0. The molecule has 1 rings (SSSR count). The lowest BCUT2D eigenvalue weighted by molar-refractivity contribution is -0.383. The quantitative estimate of drug-likeness (QED) is 0.434. The fourth-order valence-electron chi connectivity index (χ4n) is 1.39. The lowest BCUT2D eigenvalue weighted by atomic mass is 10.2. The van der Waals surface area contributed by atoms with E-state index in [0.29, 0.717) is 0 Å². The molecule has 1 unspecified atom stereocenters. The highest BCUT2D eigenvalue weighted by atomic mass is 19.4. The van der Waals surface area contributed by atoms with Gasteiger partial charge in [0.15, 0.2) is 0 Å². The number of nitrogen functional groups attached to an aromatic ring is 1. The topological polar surface area (TPSA) is 101 Å². The summed E-state index contributed by atoms with van der Waals surface area (Å²) in [6, 6.07) is 3.73. The molecule has 4 N–H and O–H groups in total. The minimum absolute atomic E-state index is 0.0496. The van der Waals surface area contributed by atoms with Crippen molar-refractivity contribution in [3.63, 3.8) is 0 Å². The first-order chi connectivity index (χ1) is 8.69. The van der Waals surface area contributed by atoms with Gasteiger partial charge in [-0.25, -0.2) is 0 Å². The predicted octanol–water partition coefficient (Wildman–Crippen LogP) is 1.90. The smallest absolute Gasteiger partial charge is 0.391 e. The van der Waals surface area contributed by atoms with Crippen LogP contribution < -0.4 is 11.1 Å². The van der Waals surface area contributed by atoms with Crippen LogP contribution in [-0.2, 0) is 0 Å². The molecule has 0 aliphatic rings. The molecule has 19 heavy (non-hydrogen) atoms. The monoisotopic (exact) mass is 279 g/mol. The van der Waals surface area contributed by atoms with Gasteiger partial charge in [-0.05, 0) is 12.1 Å². The molecular weight excluding hydrogens is 267 g/mol. The number of nitrogens with two attached hydrogens (primary N) is 1. The van der Waals surface area contributed by atoms with Gasteiger partial charge in [-0.15, -0.1) is 0 Å². The molecule has 0 bridgehead atoms. The summed E-state index contributed by atoms with van der Waals surface area (Å²) >= 11 is 0. The Kier molecular flexibility index (Phi) is 4.54. The zero-order valence-electron chi connectivity index (χ0n) is 9.65. The lowest BCUT2D eigenvalue weighted by Gasteiger charge is -2.14. The van der Waals surface area contributed by atoms with Gasteiger partial charge >= 0.3 is 6.18 Å². The van der Waals surface area contributed by atoms with Crippen molar-refractivity contribution in [1.82, 2.24) is 0 Å². The zero-order valence-corrected chi connectivity index (χ0v) is 9.65. The summed E-state index contributed by atoms with van der Waals surface area (Å²) < 4.78 is 35.9. The van der Waals surface area contributed by atoms with Crippen molar-refractivity contribution < 1.29 is 23.2 Å². The number of hydrogen-bond donors (Lipinski definition) is 3. The van der Waals surface area contributed by atoms with E-state index in [4.69, 9.17) is 10.8 Å². The lowest BCUT2D eigenvalue weighted by Crippen LogP contribution is -2.26. The summed E-state index contributed by atoms with van der Waals surface area (Å²) in [5, 5.41) is 22.2. The number of aliphatic hydroxyl groups excluding tert-OH is 1. The van der Waals surface area contributed by atoms with Gasteiger partial charge in [0.1, 0.15) is 5.69 Å². The Hall–Kier alpha value is -2.03. The van der Waals surface area contributed by atoms with E-state index in [1.807, 2.05) is 0 Å². The Morgan fingerprint density at radius 3 is 2.63 bits per heavy atom. The molecule has 0 spiro atoms. The number of alkyl halides is 3. The summed E-state index contributed by atoms with van der Waals surface area (Å²) in [7, 11) is 0. The number of nitro benzene ring substituents is 1. The third-order valence-corrected chi connectivity index (χ3v) is 2.24. The molecule has 0 aliphatic heterocycles. The standard InChI is InChI=1S/C10H12F3N3O3/c11-10(12,13)4-7(17)5-15-6-1-2-8(14)9(3-6)16(18)19/h1-3,7,15,17H,4-5,14H2. The molecule has 0 saturated carbocycles. The van der Waals surface area contributed by atoms with Crippen molar-refractivity contribution in [3.8, 4) is 0 Å². The van der Waals surface area contributed by atoms with Crippen molar-refractivity contribution >= 4 is 17.1 Å². The van der Waals surface area contributed by atoms with Gasteiger partial charge in [-0.3, -0.25) is 10.1 Å². The number of benzene rings is 1. The molecule has 1 aromatic rings. The SMILES string of the molecule is Nc1ccc(NCC(O)CC(F)(F)F)cc1[N+](=O)[O-]. The normalized spacial score (nSPS) is 13.1. The van der Waals surface area contributed by atoms with Crippen LogP contribution in [0.1, 0.15) is 6.42 Å². The molecule has 0 saturated heterocycles. The molecule has 0 radical (unpaired) electrons. The van der Waals surface area contributed by atoms with Crippen molar-refractivity contribution in [2.75, 3.05) is 17.6 Å². The van der Waals surface area contributed by atoms with E-state index in [1.54, 1.807) is 0 Å². The fraction of sp³-hybridized carbons (Fsp3) is 0.400. The number of nitro groups is 1. The summed E-state index contributed by atoms with van der Waals surface area (Å²) in [6.45, 7) is -0.374. The molecule has 0 amide bonds. The highest BCUT2D eigenvalue weighted by Crippen LogP contribution is 2.25. The molecule has 0 aromatic heterocycles. The van der Waals surface area contributed by atoms with Crippen LogP contribution in [0.15, 0.2) is 18.2 Å².